The van der Waals surface area contributed by atoms with E-state index in [1.165, 1.54) is 7.11 Å². The van der Waals surface area contributed by atoms with Crippen LogP contribution in [0.3, 0.4) is 0 Å². The standard InChI is InChI=1S/C11H15NO2/c1-7-5-4-6-9(11(13)14-3)10(7)8(2)12/h4-6,8H,12H2,1-3H3/t8-/m1/s1. The van der Waals surface area contributed by atoms with Crippen LogP contribution in [0.15, 0.2) is 18.2 Å². The third-order valence-electron chi connectivity index (χ3n) is 2.18. The Bertz CT molecular complexity index is 345. The molecule has 0 spiro atoms. The summed E-state index contributed by atoms with van der Waals surface area (Å²) in [5, 5.41) is 0. The number of methoxy groups -OCH3 is 1. The van der Waals surface area contributed by atoms with Crippen LogP contribution >= 0.6 is 0 Å². The van der Waals surface area contributed by atoms with Crippen molar-refractivity contribution >= 4 is 5.97 Å². The molecule has 2 N–H and O–H groups in total. The highest BCUT2D eigenvalue weighted by Gasteiger charge is 2.15. The van der Waals surface area contributed by atoms with Gasteiger partial charge in [0, 0.05) is 6.04 Å². The highest BCUT2D eigenvalue weighted by atomic mass is 16.5. The second kappa shape index (κ2) is 4.24. The summed E-state index contributed by atoms with van der Waals surface area (Å²) in [4.78, 5) is 11.4. The van der Waals surface area contributed by atoms with E-state index in [1.807, 2.05) is 26.0 Å². The monoisotopic (exact) mass is 193 g/mol. The number of carbonyl (C=O) groups is 1. The van der Waals surface area contributed by atoms with Gasteiger partial charge in [0.05, 0.1) is 12.7 Å². The Balaban J connectivity index is 3.28. The van der Waals surface area contributed by atoms with Gasteiger partial charge in [-0.2, -0.15) is 0 Å². The summed E-state index contributed by atoms with van der Waals surface area (Å²) in [5.74, 6) is -0.332. The zero-order valence-corrected chi connectivity index (χ0v) is 8.70. The minimum absolute atomic E-state index is 0.162. The van der Waals surface area contributed by atoms with Crippen molar-refractivity contribution in [3.63, 3.8) is 0 Å². The molecular formula is C11H15NO2. The molecule has 1 aromatic carbocycles. The third-order valence-corrected chi connectivity index (χ3v) is 2.18. The second-order valence-corrected chi connectivity index (χ2v) is 3.32. The lowest BCUT2D eigenvalue weighted by Crippen LogP contribution is -2.14. The molecule has 14 heavy (non-hydrogen) atoms. The van der Waals surface area contributed by atoms with Gasteiger partial charge in [0.25, 0.3) is 0 Å². The highest BCUT2D eigenvalue weighted by molar-refractivity contribution is 5.91. The number of benzene rings is 1. The largest absolute Gasteiger partial charge is 0.465 e. The molecule has 0 bridgehead atoms. The van der Waals surface area contributed by atoms with Gasteiger partial charge in [-0.1, -0.05) is 12.1 Å². The maximum absolute atomic E-state index is 11.4. The van der Waals surface area contributed by atoms with Crippen LogP contribution in [0, 0.1) is 6.92 Å². The number of hydrogen-bond acceptors (Lipinski definition) is 3. The lowest BCUT2D eigenvalue weighted by Gasteiger charge is -2.13. The van der Waals surface area contributed by atoms with E-state index in [0.717, 1.165) is 11.1 Å². The fourth-order valence-corrected chi connectivity index (χ4v) is 1.57. The van der Waals surface area contributed by atoms with E-state index in [1.54, 1.807) is 6.07 Å². The molecule has 3 heteroatoms. The highest BCUT2D eigenvalue weighted by Crippen LogP contribution is 2.20. The van der Waals surface area contributed by atoms with Gasteiger partial charge in [0.1, 0.15) is 0 Å². The number of ether oxygens (including phenoxy) is 1. The maximum Gasteiger partial charge on any atom is 0.338 e. The average Bonchev–Trinajstić information content (AvgIpc) is 2.15. The molecule has 0 saturated heterocycles. The van der Waals surface area contributed by atoms with Gasteiger partial charge < -0.3 is 10.5 Å². The van der Waals surface area contributed by atoms with Crippen LogP contribution in [0.2, 0.25) is 0 Å². The summed E-state index contributed by atoms with van der Waals surface area (Å²) in [6.45, 7) is 3.79. The van der Waals surface area contributed by atoms with Crippen molar-refractivity contribution in [3.8, 4) is 0 Å². The molecule has 0 unspecified atom stereocenters. The Kier molecular flexibility index (Phi) is 3.25. The molecule has 0 amide bonds. The molecule has 0 aliphatic carbocycles. The molecule has 0 fully saturated rings. The minimum Gasteiger partial charge on any atom is -0.465 e. The predicted molar refractivity (Wildman–Crippen MR) is 55.1 cm³/mol. The van der Waals surface area contributed by atoms with E-state index in [0.29, 0.717) is 5.56 Å². The van der Waals surface area contributed by atoms with Gasteiger partial charge in [-0.15, -0.1) is 0 Å². The van der Waals surface area contributed by atoms with Crippen molar-refractivity contribution in [1.82, 2.24) is 0 Å². The maximum atomic E-state index is 11.4. The zero-order chi connectivity index (χ0) is 10.7. The van der Waals surface area contributed by atoms with E-state index in [2.05, 4.69) is 4.74 Å². The normalized spacial score (nSPS) is 12.3. The second-order valence-electron chi connectivity index (χ2n) is 3.32. The Morgan fingerprint density at radius 1 is 1.50 bits per heavy atom. The topological polar surface area (TPSA) is 52.3 Å². The number of rotatable bonds is 2. The van der Waals surface area contributed by atoms with Gasteiger partial charge in [0.2, 0.25) is 0 Å². The van der Waals surface area contributed by atoms with Crippen molar-refractivity contribution in [3.05, 3.63) is 34.9 Å². The molecule has 1 rings (SSSR count). The Morgan fingerprint density at radius 2 is 2.14 bits per heavy atom. The first-order valence-corrected chi connectivity index (χ1v) is 4.51. The molecule has 76 valence electrons. The number of esters is 1. The van der Waals surface area contributed by atoms with E-state index in [9.17, 15) is 4.79 Å². The summed E-state index contributed by atoms with van der Waals surface area (Å²) in [6, 6.07) is 5.33. The molecule has 0 radical (unpaired) electrons. The molecular weight excluding hydrogens is 178 g/mol. The van der Waals surface area contributed by atoms with Crippen LogP contribution in [0.1, 0.15) is 34.5 Å². The Labute approximate surface area is 83.9 Å². The third kappa shape index (κ3) is 1.93. The molecule has 0 heterocycles. The van der Waals surface area contributed by atoms with E-state index >= 15 is 0 Å². The lowest BCUT2D eigenvalue weighted by molar-refractivity contribution is 0.0599. The van der Waals surface area contributed by atoms with E-state index < -0.39 is 0 Å². The first-order valence-electron chi connectivity index (χ1n) is 4.51. The molecule has 3 nitrogen and oxygen atoms in total. The zero-order valence-electron chi connectivity index (χ0n) is 8.70. The fourth-order valence-electron chi connectivity index (χ4n) is 1.57. The first kappa shape index (κ1) is 10.7. The van der Waals surface area contributed by atoms with E-state index in [-0.39, 0.29) is 12.0 Å². The van der Waals surface area contributed by atoms with Crippen molar-refractivity contribution < 1.29 is 9.53 Å². The SMILES string of the molecule is COC(=O)c1cccc(C)c1[C@@H](C)N. The number of aryl methyl sites for hydroxylation is 1. The number of carbonyl (C=O) groups excluding carboxylic acids is 1. The lowest BCUT2D eigenvalue weighted by atomic mass is 9.97. The molecule has 0 aliphatic heterocycles. The van der Waals surface area contributed by atoms with Crippen LogP contribution in [-0.2, 0) is 4.74 Å². The fraction of sp³-hybridized carbons (Fsp3) is 0.364. The predicted octanol–water partition coefficient (Wildman–Crippen LogP) is 1.80. The average molecular weight is 193 g/mol. The van der Waals surface area contributed by atoms with Crippen LogP contribution < -0.4 is 5.73 Å². The van der Waals surface area contributed by atoms with Crippen molar-refractivity contribution in [2.24, 2.45) is 5.73 Å². The summed E-state index contributed by atoms with van der Waals surface area (Å²) in [6.07, 6.45) is 0. The van der Waals surface area contributed by atoms with Crippen molar-refractivity contribution in [2.45, 2.75) is 19.9 Å². The Hall–Kier alpha value is -1.35. The van der Waals surface area contributed by atoms with Crippen molar-refractivity contribution in [1.29, 1.82) is 0 Å². The van der Waals surface area contributed by atoms with Gasteiger partial charge in [-0.3, -0.25) is 0 Å². The summed E-state index contributed by atoms with van der Waals surface area (Å²) in [7, 11) is 1.37. The summed E-state index contributed by atoms with van der Waals surface area (Å²) < 4.78 is 4.69. The Morgan fingerprint density at radius 3 is 2.64 bits per heavy atom. The molecule has 0 aliphatic rings. The van der Waals surface area contributed by atoms with Crippen LogP contribution in [-0.4, -0.2) is 13.1 Å². The van der Waals surface area contributed by atoms with Crippen LogP contribution in [0.4, 0.5) is 0 Å². The first-order chi connectivity index (χ1) is 6.57. The van der Waals surface area contributed by atoms with Crippen LogP contribution in [0.5, 0.6) is 0 Å². The quantitative estimate of drug-likeness (QED) is 0.729. The molecule has 0 aromatic heterocycles. The van der Waals surface area contributed by atoms with E-state index in [4.69, 9.17) is 5.73 Å². The smallest absolute Gasteiger partial charge is 0.338 e. The number of hydrogen-bond donors (Lipinski definition) is 1. The van der Waals surface area contributed by atoms with Crippen molar-refractivity contribution in [2.75, 3.05) is 7.11 Å². The van der Waals surface area contributed by atoms with Gasteiger partial charge in [0.15, 0.2) is 0 Å². The van der Waals surface area contributed by atoms with Gasteiger partial charge >= 0.3 is 5.97 Å². The van der Waals surface area contributed by atoms with Gasteiger partial charge in [-0.25, -0.2) is 4.79 Å². The summed E-state index contributed by atoms with van der Waals surface area (Å²) in [5.41, 5.74) is 8.24. The van der Waals surface area contributed by atoms with Gasteiger partial charge in [-0.05, 0) is 31.0 Å². The molecule has 1 aromatic rings. The minimum atomic E-state index is -0.332. The number of nitrogens with two attached hydrogens (primary N) is 1. The molecule has 0 saturated carbocycles. The summed E-state index contributed by atoms with van der Waals surface area (Å²) >= 11 is 0. The molecule has 1 atom stereocenters. The van der Waals surface area contributed by atoms with Crippen LogP contribution in [0.25, 0.3) is 0 Å².